The van der Waals surface area contributed by atoms with E-state index in [-0.39, 0.29) is 18.0 Å². The number of amides is 1. The molecule has 0 spiro atoms. The van der Waals surface area contributed by atoms with E-state index in [1.54, 1.807) is 6.20 Å². The van der Waals surface area contributed by atoms with Crippen LogP contribution < -0.4 is 10.2 Å². The van der Waals surface area contributed by atoms with Crippen LogP contribution in [0.5, 0.6) is 0 Å². The molecule has 0 fully saturated rings. The van der Waals surface area contributed by atoms with Crippen molar-refractivity contribution in [2.75, 3.05) is 18.5 Å². The average molecular weight is 345 g/mol. The number of hydrogen-bond donors (Lipinski definition) is 1. The first-order valence-corrected chi connectivity index (χ1v) is 8.50. The van der Waals surface area contributed by atoms with Crippen molar-refractivity contribution in [2.45, 2.75) is 53.0 Å². The lowest BCUT2D eigenvalue weighted by molar-refractivity contribution is -0.121. The molecule has 2 aromatic heterocycles. The Kier molecular flexibility index (Phi) is 5.77. The molecule has 136 valence electrons. The van der Waals surface area contributed by atoms with Gasteiger partial charge >= 0.3 is 0 Å². The zero-order valence-corrected chi connectivity index (χ0v) is 15.9. The Morgan fingerprint density at radius 3 is 2.60 bits per heavy atom. The van der Waals surface area contributed by atoms with Crippen LogP contribution in [0.15, 0.2) is 16.9 Å². The summed E-state index contributed by atoms with van der Waals surface area (Å²) < 4.78 is 5.34. The van der Waals surface area contributed by atoms with Crippen LogP contribution >= 0.6 is 0 Å². The maximum atomic E-state index is 12.3. The summed E-state index contributed by atoms with van der Waals surface area (Å²) in [6, 6.07) is 0. The molecular weight excluding hydrogens is 318 g/mol. The Morgan fingerprint density at radius 2 is 2.04 bits per heavy atom. The van der Waals surface area contributed by atoms with Crippen LogP contribution in [0, 0.1) is 6.92 Å². The zero-order valence-electron chi connectivity index (χ0n) is 15.9. The van der Waals surface area contributed by atoms with Crippen LogP contribution in [0.25, 0.3) is 11.7 Å². The fourth-order valence-corrected chi connectivity index (χ4v) is 2.58. The quantitative estimate of drug-likeness (QED) is 0.866. The number of nitrogens with one attached hydrogen (secondary N) is 1. The van der Waals surface area contributed by atoms with Crippen molar-refractivity contribution in [1.29, 1.82) is 0 Å². The normalized spacial score (nSPS) is 11.4. The number of carbonyl (C=O) groups is 1. The van der Waals surface area contributed by atoms with E-state index in [2.05, 4.69) is 27.2 Å². The van der Waals surface area contributed by atoms with Gasteiger partial charge in [0.2, 0.25) is 11.7 Å². The van der Waals surface area contributed by atoms with Gasteiger partial charge in [-0.1, -0.05) is 13.3 Å². The first kappa shape index (κ1) is 18.9. The molecule has 0 aromatic carbocycles. The second kappa shape index (κ2) is 7.63. The lowest BCUT2D eigenvalue weighted by atomic mass is 10.1. The first-order valence-electron chi connectivity index (χ1n) is 8.50. The highest BCUT2D eigenvalue weighted by molar-refractivity contribution is 5.81. The summed E-state index contributed by atoms with van der Waals surface area (Å²) in [5.41, 5.74) is 1.65. The molecule has 0 saturated carbocycles. The van der Waals surface area contributed by atoms with Crippen LogP contribution in [0.2, 0.25) is 0 Å². The van der Waals surface area contributed by atoms with Crippen molar-refractivity contribution in [2.24, 2.45) is 0 Å². The van der Waals surface area contributed by atoms with E-state index in [1.807, 2.05) is 39.6 Å². The van der Waals surface area contributed by atoms with Crippen LogP contribution in [0.1, 0.15) is 45.4 Å². The molecule has 2 aromatic rings. The van der Waals surface area contributed by atoms with E-state index >= 15 is 0 Å². The van der Waals surface area contributed by atoms with Gasteiger partial charge in [-0.25, -0.2) is 15.0 Å². The molecule has 25 heavy (non-hydrogen) atoms. The Labute approximate surface area is 148 Å². The molecule has 0 aliphatic rings. The third-order valence-electron chi connectivity index (χ3n) is 3.59. The summed E-state index contributed by atoms with van der Waals surface area (Å²) in [5, 5.41) is 2.97. The number of hydrogen-bond acceptors (Lipinski definition) is 6. The number of nitrogens with zero attached hydrogens (tertiary/aromatic N) is 4. The second-order valence-corrected chi connectivity index (χ2v) is 7.18. The van der Waals surface area contributed by atoms with Gasteiger partial charge in [0.25, 0.3) is 5.89 Å². The molecule has 0 unspecified atom stereocenters. The number of oxazole rings is 1. The molecule has 0 radical (unpaired) electrons. The predicted octanol–water partition coefficient (Wildman–Crippen LogP) is 2.74. The van der Waals surface area contributed by atoms with Crippen molar-refractivity contribution in [1.82, 2.24) is 20.3 Å². The Hall–Kier alpha value is -2.44. The third-order valence-corrected chi connectivity index (χ3v) is 3.59. The van der Waals surface area contributed by atoms with Gasteiger partial charge in [0.1, 0.15) is 12.1 Å². The molecule has 2 heterocycles. The summed E-state index contributed by atoms with van der Waals surface area (Å²) >= 11 is 0. The molecule has 7 heteroatoms. The SMILES string of the molecule is CCCc1nc(-c2ncco2)nc(N(C)CC(=O)NC(C)(C)C)c1C. The van der Waals surface area contributed by atoms with E-state index < -0.39 is 0 Å². The summed E-state index contributed by atoms with van der Waals surface area (Å²) in [5.74, 6) is 1.49. The average Bonchev–Trinajstić information content (AvgIpc) is 3.01. The molecule has 0 aliphatic carbocycles. The zero-order chi connectivity index (χ0) is 18.6. The van der Waals surface area contributed by atoms with Crippen LogP contribution in [-0.4, -0.2) is 40.0 Å². The molecule has 7 nitrogen and oxygen atoms in total. The third kappa shape index (κ3) is 5.01. The minimum Gasteiger partial charge on any atom is -0.442 e. The van der Waals surface area contributed by atoms with Crippen molar-refractivity contribution in [3.05, 3.63) is 23.7 Å². The lowest BCUT2D eigenvalue weighted by Gasteiger charge is -2.25. The number of carbonyl (C=O) groups excluding carboxylic acids is 1. The molecular formula is C18H27N5O2. The molecule has 1 N–H and O–H groups in total. The Morgan fingerprint density at radius 1 is 1.32 bits per heavy atom. The number of aromatic nitrogens is 3. The van der Waals surface area contributed by atoms with E-state index in [4.69, 9.17) is 4.42 Å². The van der Waals surface area contributed by atoms with Gasteiger partial charge in [-0.15, -0.1) is 0 Å². The van der Waals surface area contributed by atoms with Crippen molar-refractivity contribution < 1.29 is 9.21 Å². The lowest BCUT2D eigenvalue weighted by Crippen LogP contribution is -2.45. The van der Waals surface area contributed by atoms with Crippen LogP contribution in [-0.2, 0) is 11.2 Å². The summed E-state index contributed by atoms with van der Waals surface area (Å²) in [7, 11) is 1.85. The first-order chi connectivity index (χ1) is 11.7. The predicted molar refractivity (Wildman–Crippen MR) is 97.4 cm³/mol. The standard InChI is InChI=1S/C18H27N5O2/c1-7-8-13-12(2)16(21-15(20-13)17-19-9-10-25-17)23(6)11-14(24)22-18(3,4)5/h9-10H,7-8,11H2,1-6H3,(H,22,24). The molecule has 0 bridgehead atoms. The summed E-state index contributed by atoms with van der Waals surface area (Å²) in [6.07, 6.45) is 4.87. The smallest absolute Gasteiger partial charge is 0.264 e. The maximum Gasteiger partial charge on any atom is 0.264 e. The van der Waals surface area contributed by atoms with Gasteiger partial charge in [0, 0.05) is 23.8 Å². The maximum absolute atomic E-state index is 12.3. The molecule has 2 rings (SSSR count). The Balaban J connectivity index is 2.33. The topological polar surface area (TPSA) is 84.2 Å². The number of aryl methyl sites for hydroxylation is 1. The highest BCUT2D eigenvalue weighted by Crippen LogP contribution is 2.24. The van der Waals surface area contributed by atoms with Crippen molar-refractivity contribution in [3.8, 4) is 11.7 Å². The van der Waals surface area contributed by atoms with E-state index in [9.17, 15) is 4.79 Å². The molecule has 0 saturated heterocycles. The van der Waals surface area contributed by atoms with E-state index in [0.717, 1.165) is 29.9 Å². The molecule has 1 amide bonds. The highest BCUT2D eigenvalue weighted by Gasteiger charge is 2.20. The van der Waals surface area contributed by atoms with Gasteiger partial charge < -0.3 is 14.6 Å². The van der Waals surface area contributed by atoms with E-state index in [1.165, 1.54) is 6.26 Å². The minimum absolute atomic E-state index is 0.0530. The monoisotopic (exact) mass is 345 g/mol. The fraction of sp³-hybridized carbons (Fsp3) is 0.556. The van der Waals surface area contributed by atoms with Gasteiger partial charge in [-0.3, -0.25) is 4.79 Å². The van der Waals surface area contributed by atoms with Crippen LogP contribution in [0.4, 0.5) is 5.82 Å². The van der Waals surface area contributed by atoms with Gasteiger partial charge in [0.15, 0.2) is 0 Å². The fourth-order valence-electron chi connectivity index (χ4n) is 2.58. The minimum atomic E-state index is -0.269. The summed E-state index contributed by atoms with van der Waals surface area (Å²) in [4.78, 5) is 27.4. The van der Waals surface area contributed by atoms with E-state index in [0.29, 0.717) is 11.7 Å². The highest BCUT2D eigenvalue weighted by atomic mass is 16.3. The van der Waals surface area contributed by atoms with Crippen LogP contribution in [0.3, 0.4) is 0 Å². The van der Waals surface area contributed by atoms with Gasteiger partial charge in [-0.05, 0) is 34.1 Å². The summed E-state index contributed by atoms with van der Waals surface area (Å²) in [6.45, 7) is 10.2. The van der Waals surface area contributed by atoms with Gasteiger partial charge in [0.05, 0.1) is 12.7 Å². The van der Waals surface area contributed by atoms with Gasteiger partial charge in [-0.2, -0.15) is 0 Å². The molecule has 0 aliphatic heterocycles. The number of rotatable bonds is 6. The van der Waals surface area contributed by atoms with Crippen molar-refractivity contribution >= 4 is 11.7 Å². The Bertz CT molecular complexity index is 720. The second-order valence-electron chi connectivity index (χ2n) is 7.18. The molecule has 0 atom stereocenters. The largest absolute Gasteiger partial charge is 0.442 e. The number of likely N-dealkylation sites (N-methyl/N-ethyl adjacent to an activating group) is 1. The number of anilines is 1. The van der Waals surface area contributed by atoms with Crippen molar-refractivity contribution in [3.63, 3.8) is 0 Å².